The lowest BCUT2D eigenvalue weighted by Gasteiger charge is -2.34. The molecule has 1 saturated heterocycles. The molecule has 1 aliphatic heterocycles. The molecule has 1 aromatic carbocycles. The smallest absolute Gasteiger partial charge is 0.263 e. The van der Waals surface area contributed by atoms with Gasteiger partial charge < -0.3 is 15.0 Å². The number of thiophene rings is 1. The van der Waals surface area contributed by atoms with E-state index in [1.54, 1.807) is 7.11 Å². The van der Waals surface area contributed by atoms with E-state index in [1.165, 1.54) is 22.3 Å². The Morgan fingerprint density at radius 2 is 2.04 bits per heavy atom. The van der Waals surface area contributed by atoms with Crippen LogP contribution in [0.2, 0.25) is 0 Å². The summed E-state index contributed by atoms with van der Waals surface area (Å²) in [6.45, 7) is 1.74. The Labute approximate surface area is 160 Å². The number of tetrazole rings is 1. The molecule has 3 heterocycles. The SMILES string of the molecule is COc1ccccc1N1CCC(NC(=O)c2sccc2-n2cnnn2)CC1. The predicted molar refractivity (Wildman–Crippen MR) is 103 cm³/mol. The van der Waals surface area contributed by atoms with Crippen LogP contribution in [-0.4, -0.2) is 52.4 Å². The topological polar surface area (TPSA) is 85.2 Å². The van der Waals surface area contributed by atoms with Crippen molar-refractivity contribution in [3.05, 3.63) is 46.9 Å². The van der Waals surface area contributed by atoms with E-state index in [0.29, 0.717) is 10.6 Å². The molecule has 140 valence electrons. The summed E-state index contributed by atoms with van der Waals surface area (Å²) in [5, 5.41) is 16.2. The molecule has 0 unspecified atom stereocenters. The summed E-state index contributed by atoms with van der Waals surface area (Å²) in [5.41, 5.74) is 1.80. The van der Waals surface area contributed by atoms with Gasteiger partial charge in [0.1, 0.15) is 17.0 Å². The zero-order chi connectivity index (χ0) is 18.6. The lowest BCUT2D eigenvalue weighted by Crippen LogP contribution is -2.44. The number of anilines is 1. The number of hydrogen-bond acceptors (Lipinski definition) is 7. The van der Waals surface area contributed by atoms with E-state index in [4.69, 9.17) is 4.74 Å². The van der Waals surface area contributed by atoms with Crippen molar-refractivity contribution in [3.63, 3.8) is 0 Å². The number of hydrogen-bond donors (Lipinski definition) is 1. The number of amides is 1. The van der Waals surface area contributed by atoms with Crippen molar-refractivity contribution in [1.29, 1.82) is 0 Å². The fraction of sp³-hybridized carbons (Fsp3) is 0.333. The highest BCUT2D eigenvalue weighted by atomic mass is 32.1. The first-order chi connectivity index (χ1) is 13.3. The summed E-state index contributed by atoms with van der Waals surface area (Å²) in [4.78, 5) is 15.7. The van der Waals surface area contributed by atoms with E-state index in [-0.39, 0.29) is 11.9 Å². The molecule has 0 spiro atoms. The van der Waals surface area contributed by atoms with Crippen LogP contribution in [0.3, 0.4) is 0 Å². The van der Waals surface area contributed by atoms with Gasteiger partial charge in [-0.25, -0.2) is 0 Å². The first kappa shape index (κ1) is 17.5. The molecule has 4 rings (SSSR count). The van der Waals surface area contributed by atoms with Crippen LogP contribution in [0, 0.1) is 0 Å². The fourth-order valence-electron chi connectivity index (χ4n) is 3.33. The normalized spacial score (nSPS) is 14.9. The number of aromatic nitrogens is 4. The third kappa shape index (κ3) is 3.63. The summed E-state index contributed by atoms with van der Waals surface area (Å²) in [6, 6.07) is 10.0. The van der Waals surface area contributed by atoms with Gasteiger partial charge in [0.25, 0.3) is 5.91 Å². The molecule has 0 bridgehead atoms. The monoisotopic (exact) mass is 384 g/mol. The van der Waals surface area contributed by atoms with Crippen LogP contribution in [0.4, 0.5) is 5.69 Å². The van der Waals surface area contributed by atoms with Gasteiger partial charge in [-0.05, 0) is 46.8 Å². The van der Waals surface area contributed by atoms with E-state index in [2.05, 4.69) is 31.8 Å². The van der Waals surface area contributed by atoms with Crippen molar-refractivity contribution >= 4 is 22.9 Å². The van der Waals surface area contributed by atoms with Crippen LogP contribution in [0.1, 0.15) is 22.5 Å². The summed E-state index contributed by atoms with van der Waals surface area (Å²) in [7, 11) is 1.69. The first-order valence-electron chi connectivity index (χ1n) is 8.76. The molecule has 8 nitrogen and oxygen atoms in total. The van der Waals surface area contributed by atoms with Crippen LogP contribution in [0.15, 0.2) is 42.0 Å². The first-order valence-corrected chi connectivity index (χ1v) is 9.64. The standard InChI is InChI=1S/C18H20N6O2S/c1-26-16-5-3-2-4-14(16)23-9-6-13(7-10-23)20-18(25)17-15(8-11-27-17)24-12-19-21-22-24/h2-5,8,11-13H,6-7,9-10H2,1H3,(H,20,25). The number of rotatable bonds is 5. The molecule has 1 N–H and O–H groups in total. The molecule has 3 aromatic rings. The van der Waals surface area contributed by atoms with E-state index in [1.807, 2.05) is 29.6 Å². The van der Waals surface area contributed by atoms with Gasteiger partial charge in [0, 0.05) is 19.1 Å². The van der Waals surface area contributed by atoms with Gasteiger partial charge >= 0.3 is 0 Å². The van der Waals surface area contributed by atoms with Gasteiger partial charge in [0.15, 0.2) is 0 Å². The summed E-state index contributed by atoms with van der Waals surface area (Å²) in [6.07, 6.45) is 3.26. The maximum absolute atomic E-state index is 12.7. The minimum atomic E-state index is -0.0776. The van der Waals surface area contributed by atoms with Gasteiger partial charge in [-0.3, -0.25) is 4.79 Å². The molecule has 1 aliphatic rings. The molecule has 2 aromatic heterocycles. The zero-order valence-electron chi connectivity index (χ0n) is 14.9. The highest BCUT2D eigenvalue weighted by Gasteiger charge is 2.24. The molecular formula is C18H20N6O2S. The molecule has 9 heteroatoms. The molecule has 27 heavy (non-hydrogen) atoms. The number of piperidine rings is 1. The van der Waals surface area contributed by atoms with Crippen molar-refractivity contribution in [1.82, 2.24) is 25.5 Å². The van der Waals surface area contributed by atoms with Crippen LogP contribution in [-0.2, 0) is 0 Å². The quantitative estimate of drug-likeness (QED) is 0.725. The van der Waals surface area contributed by atoms with Crippen molar-refractivity contribution in [2.75, 3.05) is 25.1 Å². The molecule has 0 aliphatic carbocycles. The maximum atomic E-state index is 12.7. The Hall–Kier alpha value is -2.94. The second kappa shape index (κ2) is 7.75. The summed E-state index contributed by atoms with van der Waals surface area (Å²) < 4.78 is 6.97. The minimum Gasteiger partial charge on any atom is -0.495 e. The third-order valence-corrected chi connectivity index (χ3v) is 5.60. The molecule has 0 atom stereocenters. The van der Waals surface area contributed by atoms with Crippen LogP contribution >= 0.6 is 11.3 Å². The average molecular weight is 384 g/mol. The average Bonchev–Trinajstić information content (AvgIpc) is 3.40. The molecule has 0 radical (unpaired) electrons. The Bertz CT molecular complexity index is 902. The Kier molecular flexibility index (Phi) is 5.01. The Balaban J connectivity index is 1.39. The van der Waals surface area contributed by atoms with Gasteiger partial charge in [0.05, 0.1) is 18.5 Å². The predicted octanol–water partition coefficient (Wildman–Crippen LogP) is 2.13. The van der Waals surface area contributed by atoms with E-state index >= 15 is 0 Å². The maximum Gasteiger partial charge on any atom is 0.263 e. The number of carbonyl (C=O) groups is 1. The third-order valence-electron chi connectivity index (χ3n) is 4.70. The molecule has 0 saturated carbocycles. The van der Waals surface area contributed by atoms with Gasteiger partial charge in [-0.15, -0.1) is 16.4 Å². The number of nitrogens with zero attached hydrogens (tertiary/aromatic N) is 5. The number of nitrogens with one attached hydrogen (secondary N) is 1. The molecule has 1 amide bonds. The van der Waals surface area contributed by atoms with Gasteiger partial charge in [-0.2, -0.15) is 4.68 Å². The van der Waals surface area contributed by atoms with Crippen LogP contribution in [0.25, 0.3) is 5.69 Å². The Morgan fingerprint density at radius 3 is 2.78 bits per heavy atom. The number of carbonyl (C=O) groups excluding carboxylic acids is 1. The molecular weight excluding hydrogens is 364 g/mol. The highest BCUT2D eigenvalue weighted by Crippen LogP contribution is 2.30. The second-order valence-electron chi connectivity index (χ2n) is 6.30. The van der Waals surface area contributed by atoms with E-state index < -0.39 is 0 Å². The van der Waals surface area contributed by atoms with Crippen molar-refractivity contribution in [2.24, 2.45) is 0 Å². The number of ether oxygens (including phenoxy) is 1. The summed E-state index contributed by atoms with van der Waals surface area (Å²) >= 11 is 1.39. The van der Waals surface area contributed by atoms with E-state index in [0.717, 1.165) is 37.4 Å². The van der Waals surface area contributed by atoms with Crippen molar-refractivity contribution in [2.45, 2.75) is 18.9 Å². The van der Waals surface area contributed by atoms with Crippen LogP contribution in [0.5, 0.6) is 5.75 Å². The molecule has 1 fully saturated rings. The highest BCUT2D eigenvalue weighted by molar-refractivity contribution is 7.12. The fourth-order valence-corrected chi connectivity index (χ4v) is 4.11. The van der Waals surface area contributed by atoms with Crippen LogP contribution < -0.4 is 15.0 Å². The van der Waals surface area contributed by atoms with Gasteiger partial charge in [-0.1, -0.05) is 12.1 Å². The van der Waals surface area contributed by atoms with Crippen molar-refractivity contribution < 1.29 is 9.53 Å². The summed E-state index contributed by atoms with van der Waals surface area (Å²) in [5.74, 6) is 0.802. The lowest BCUT2D eigenvalue weighted by atomic mass is 10.0. The number of methoxy groups -OCH3 is 1. The zero-order valence-corrected chi connectivity index (χ0v) is 15.7. The number of benzene rings is 1. The Morgan fingerprint density at radius 1 is 1.22 bits per heavy atom. The lowest BCUT2D eigenvalue weighted by molar-refractivity contribution is 0.0935. The largest absolute Gasteiger partial charge is 0.495 e. The van der Waals surface area contributed by atoms with E-state index in [9.17, 15) is 4.79 Å². The minimum absolute atomic E-state index is 0.0776. The van der Waals surface area contributed by atoms with Crippen molar-refractivity contribution in [3.8, 4) is 11.4 Å². The number of para-hydroxylation sites is 2. The van der Waals surface area contributed by atoms with Gasteiger partial charge in [0.2, 0.25) is 0 Å². The second-order valence-corrected chi connectivity index (χ2v) is 7.21.